The lowest BCUT2D eigenvalue weighted by Gasteiger charge is -2.15. The Balaban J connectivity index is 1.97. The second-order valence-electron chi connectivity index (χ2n) is 5.15. The minimum atomic E-state index is -0.217. The van der Waals surface area contributed by atoms with Crippen molar-refractivity contribution in [3.05, 3.63) is 69.6 Å². The van der Waals surface area contributed by atoms with Crippen LogP contribution in [0, 0.1) is 0 Å². The van der Waals surface area contributed by atoms with Crippen LogP contribution < -0.4 is 4.90 Å². The summed E-state index contributed by atoms with van der Waals surface area (Å²) in [7, 11) is 0. The molecule has 6 heteroatoms. The van der Waals surface area contributed by atoms with Gasteiger partial charge in [0.25, 0.3) is 5.91 Å². The van der Waals surface area contributed by atoms with Gasteiger partial charge >= 0.3 is 0 Å². The van der Waals surface area contributed by atoms with Gasteiger partial charge in [0.2, 0.25) is 0 Å². The molecule has 0 aliphatic carbocycles. The van der Waals surface area contributed by atoms with Gasteiger partial charge in [0.1, 0.15) is 0 Å². The summed E-state index contributed by atoms with van der Waals surface area (Å²) >= 11 is 12.7. The molecule has 1 aliphatic rings. The number of ketones is 1. The average Bonchev–Trinajstić information content (AvgIpc) is 2.83. The van der Waals surface area contributed by atoms with Crippen LogP contribution in [0.15, 0.2) is 53.4 Å². The molecule has 1 heterocycles. The van der Waals surface area contributed by atoms with Crippen molar-refractivity contribution in [2.75, 3.05) is 4.90 Å². The van der Waals surface area contributed by atoms with Crippen LogP contribution in [0.3, 0.4) is 0 Å². The summed E-state index contributed by atoms with van der Waals surface area (Å²) in [6, 6.07) is 14.2. The maximum atomic E-state index is 12.7. The molecule has 120 valence electrons. The Morgan fingerprint density at radius 2 is 1.96 bits per heavy atom. The number of carbonyl (C=O) groups is 2. The third-order valence-electron chi connectivity index (χ3n) is 3.50. The van der Waals surface area contributed by atoms with Crippen LogP contribution >= 0.6 is 35.6 Å². The lowest BCUT2D eigenvalue weighted by atomic mass is 10.1. The molecule has 0 saturated carbocycles. The molecular weight excluding hydrogens is 362 g/mol. The highest BCUT2D eigenvalue weighted by molar-refractivity contribution is 8.27. The zero-order valence-corrected chi connectivity index (χ0v) is 15.0. The molecule has 0 N–H and O–H groups in total. The fourth-order valence-electron chi connectivity index (χ4n) is 2.29. The zero-order valence-electron chi connectivity index (χ0n) is 12.7. The molecule has 0 spiro atoms. The number of Topliss-reactive ketones (excluding diaryl/α,β-unsaturated/α-hetero) is 1. The molecule has 1 fully saturated rings. The topological polar surface area (TPSA) is 37.4 Å². The summed E-state index contributed by atoms with van der Waals surface area (Å²) in [5, 5.41) is 0.571. The quantitative estimate of drug-likeness (QED) is 0.433. The molecule has 0 aromatic heterocycles. The van der Waals surface area contributed by atoms with Gasteiger partial charge in [-0.15, -0.1) is 0 Å². The molecule has 24 heavy (non-hydrogen) atoms. The van der Waals surface area contributed by atoms with E-state index in [0.29, 0.717) is 25.5 Å². The van der Waals surface area contributed by atoms with Crippen molar-refractivity contribution in [2.24, 2.45) is 0 Å². The predicted octanol–water partition coefficient (Wildman–Crippen LogP) is 4.95. The molecule has 1 amide bonds. The number of halogens is 1. The molecule has 0 atom stereocenters. The van der Waals surface area contributed by atoms with E-state index in [4.69, 9.17) is 23.8 Å². The number of carbonyl (C=O) groups excluding carboxylic acids is 2. The molecule has 0 unspecified atom stereocenters. The number of hydrogen-bond donors (Lipinski definition) is 0. The van der Waals surface area contributed by atoms with Crippen LogP contribution in [0.5, 0.6) is 0 Å². The van der Waals surface area contributed by atoms with Crippen LogP contribution in [-0.2, 0) is 4.79 Å². The largest absolute Gasteiger partial charge is 0.295 e. The van der Waals surface area contributed by atoms with Crippen LogP contribution in [0.4, 0.5) is 5.69 Å². The first kappa shape index (κ1) is 16.9. The Bertz CT molecular complexity index is 892. The van der Waals surface area contributed by atoms with E-state index in [9.17, 15) is 9.59 Å². The Hall–Kier alpha value is -1.95. The van der Waals surface area contributed by atoms with E-state index in [2.05, 4.69) is 0 Å². The van der Waals surface area contributed by atoms with Gasteiger partial charge in [-0.2, -0.15) is 0 Å². The van der Waals surface area contributed by atoms with Gasteiger partial charge in [-0.3, -0.25) is 14.5 Å². The molecule has 1 aliphatic heterocycles. The summed E-state index contributed by atoms with van der Waals surface area (Å²) in [6.07, 6.45) is 1.73. The van der Waals surface area contributed by atoms with Crippen molar-refractivity contribution in [1.82, 2.24) is 0 Å². The SMILES string of the molecule is CC(=O)c1cccc(N2C(=O)C(=Cc3ccccc3Cl)SC2=S)c1. The van der Waals surface area contributed by atoms with Gasteiger partial charge in [0.05, 0.1) is 10.6 Å². The zero-order chi connectivity index (χ0) is 17.3. The predicted molar refractivity (Wildman–Crippen MR) is 104 cm³/mol. The summed E-state index contributed by atoms with van der Waals surface area (Å²) in [5.41, 5.74) is 1.89. The number of thiocarbonyl (C=S) groups is 1. The number of thioether (sulfide) groups is 1. The first-order valence-corrected chi connectivity index (χ1v) is 8.71. The first-order chi connectivity index (χ1) is 11.5. The lowest BCUT2D eigenvalue weighted by Crippen LogP contribution is -2.27. The van der Waals surface area contributed by atoms with Gasteiger partial charge in [-0.05, 0) is 36.8 Å². The second-order valence-corrected chi connectivity index (χ2v) is 7.23. The summed E-state index contributed by atoms with van der Waals surface area (Å²) in [6.45, 7) is 1.49. The number of nitrogens with zero attached hydrogens (tertiary/aromatic N) is 1. The molecule has 3 rings (SSSR count). The summed E-state index contributed by atoms with van der Waals surface area (Å²) < 4.78 is 0.430. The second kappa shape index (κ2) is 6.89. The monoisotopic (exact) mass is 373 g/mol. The van der Waals surface area contributed by atoms with E-state index in [-0.39, 0.29) is 11.7 Å². The third-order valence-corrected chi connectivity index (χ3v) is 5.14. The first-order valence-electron chi connectivity index (χ1n) is 7.11. The molecule has 0 bridgehead atoms. The number of anilines is 1. The van der Waals surface area contributed by atoms with E-state index in [1.54, 1.807) is 36.4 Å². The van der Waals surface area contributed by atoms with Crippen molar-refractivity contribution in [1.29, 1.82) is 0 Å². The van der Waals surface area contributed by atoms with E-state index < -0.39 is 0 Å². The van der Waals surface area contributed by atoms with Crippen LogP contribution in [0.1, 0.15) is 22.8 Å². The van der Waals surface area contributed by atoms with Gasteiger partial charge in [-0.25, -0.2) is 0 Å². The Kier molecular flexibility index (Phi) is 4.85. The van der Waals surface area contributed by atoms with E-state index >= 15 is 0 Å². The number of rotatable bonds is 3. The minimum Gasteiger partial charge on any atom is -0.295 e. The van der Waals surface area contributed by atoms with Crippen LogP contribution in [-0.4, -0.2) is 16.0 Å². The van der Waals surface area contributed by atoms with Crippen molar-refractivity contribution in [2.45, 2.75) is 6.92 Å². The van der Waals surface area contributed by atoms with Gasteiger partial charge in [0, 0.05) is 10.6 Å². The highest BCUT2D eigenvalue weighted by atomic mass is 35.5. The van der Waals surface area contributed by atoms with Gasteiger partial charge in [-0.1, -0.05) is 65.9 Å². The van der Waals surface area contributed by atoms with Crippen molar-refractivity contribution < 1.29 is 9.59 Å². The Labute approximate surface area is 154 Å². The lowest BCUT2D eigenvalue weighted by molar-refractivity contribution is -0.113. The summed E-state index contributed by atoms with van der Waals surface area (Å²) in [4.78, 5) is 26.2. The van der Waals surface area contributed by atoms with Crippen molar-refractivity contribution >= 4 is 63.4 Å². The highest BCUT2D eigenvalue weighted by Crippen LogP contribution is 2.37. The number of hydrogen-bond acceptors (Lipinski definition) is 4. The highest BCUT2D eigenvalue weighted by Gasteiger charge is 2.33. The smallest absolute Gasteiger partial charge is 0.270 e. The van der Waals surface area contributed by atoms with E-state index in [0.717, 1.165) is 5.56 Å². The fraction of sp³-hybridized carbons (Fsp3) is 0.0556. The van der Waals surface area contributed by atoms with E-state index in [1.165, 1.54) is 23.6 Å². The molecule has 3 nitrogen and oxygen atoms in total. The van der Waals surface area contributed by atoms with Gasteiger partial charge < -0.3 is 0 Å². The molecular formula is C18H12ClNO2S2. The number of amides is 1. The molecule has 2 aromatic carbocycles. The van der Waals surface area contributed by atoms with E-state index in [1.807, 2.05) is 18.2 Å². The maximum Gasteiger partial charge on any atom is 0.270 e. The Morgan fingerprint density at radius 3 is 2.67 bits per heavy atom. The van der Waals surface area contributed by atoms with Crippen LogP contribution in [0.25, 0.3) is 6.08 Å². The van der Waals surface area contributed by atoms with Crippen LogP contribution in [0.2, 0.25) is 5.02 Å². The number of benzene rings is 2. The Morgan fingerprint density at radius 1 is 1.21 bits per heavy atom. The normalized spacial score (nSPS) is 16.1. The van der Waals surface area contributed by atoms with Gasteiger partial charge in [0.15, 0.2) is 10.1 Å². The minimum absolute atomic E-state index is 0.0612. The van der Waals surface area contributed by atoms with Crippen molar-refractivity contribution in [3.63, 3.8) is 0 Å². The molecule has 1 saturated heterocycles. The average molecular weight is 374 g/mol. The standard InChI is InChI=1S/C18H12ClNO2S2/c1-11(21)12-6-4-7-14(9-12)20-17(22)16(24-18(20)23)10-13-5-2-3-8-15(13)19/h2-10H,1H3. The molecule has 0 radical (unpaired) electrons. The third kappa shape index (κ3) is 3.29. The fourth-order valence-corrected chi connectivity index (χ4v) is 3.77. The summed E-state index contributed by atoms with van der Waals surface area (Å²) in [5.74, 6) is -0.278. The molecule has 2 aromatic rings. The maximum absolute atomic E-state index is 12.7. The van der Waals surface area contributed by atoms with Crippen molar-refractivity contribution in [3.8, 4) is 0 Å².